The molecule has 2 aromatic carbocycles. The smallest absolute Gasteiger partial charge is 0.228 e. The highest BCUT2D eigenvalue weighted by Crippen LogP contribution is 2.35. The number of aliphatic hydroxyl groups excluding tert-OH is 2. The molecule has 2 fully saturated rings. The Balaban J connectivity index is 0.720. The Hall–Kier alpha value is -7.30. The van der Waals surface area contributed by atoms with Gasteiger partial charge in [-0.1, -0.05) is 11.6 Å². The molecule has 0 spiro atoms. The Morgan fingerprint density at radius 2 is 1.16 bits per heavy atom. The van der Waals surface area contributed by atoms with Gasteiger partial charge in [0.25, 0.3) is 0 Å². The third kappa shape index (κ3) is 9.28. The van der Waals surface area contributed by atoms with Crippen LogP contribution >= 0.6 is 11.6 Å². The molecule has 2 atom stereocenters. The van der Waals surface area contributed by atoms with Gasteiger partial charge >= 0.3 is 0 Å². The summed E-state index contributed by atoms with van der Waals surface area (Å²) in [5.41, 5.74) is 4.44. The van der Waals surface area contributed by atoms with Gasteiger partial charge in [0, 0.05) is 94.8 Å². The Kier molecular flexibility index (Phi) is 13.2. The summed E-state index contributed by atoms with van der Waals surface area (Å²) in [4.78, 5) is 34.6. The first-order chi connectivity index (χ1) is 34.1. The van der Waals surface area contributed by atoms with Crippen molar-refractivity contribution in [1.82, 2.24) is 48.5 Å². The monoisotopic (exact) mass is 976 g/mol. The average Bonchev–Trinajstić information content (AvgIpc) is 4.03. The van der Waals surface area contributed by atoms with Crippen LogP contribution < -0.4 is 29.9 Å². The molecule has 0 bridgehead atoms. The van der Waals surface area contributed by atoms with Crippen LogP contribution in [0, 0.1) is 17.5 Å². The number of benzene rings is 2. The maximum atomic E-state index is 15.0. The molecule has 0 saturated carbocycles. The van der Waals surface area contributed by atoms with Gasteiger partial charge in [-0.05, 0) is 48.5 Å². The normalized spacial score (nSPS) is 15.7. The maximum Gasteiger partial charge on any atom is 0.228 e. The third-order valence-corrected chi connectivity index (χ3v) is 13.1. The van der Waals surface area contributed by atoms with E-state index in [1.165, 1.54) is 41.2 Å². The molecule has 10 rings (SSSR count). The number of methoxy groups -OCH3 is 2. The topological polar surface area (TPSA) is 182 Å². The number of nitrogens with zero attached hydrogens (tertiary/aromatic N) is 12. The summed E-state index contributed by atoms with van der Waals surface area (Å²) in [6.45, 7) is 5.65. The molecule has 18 nitrogen and oxygen atoms in total. The standard InChI is InChI=1S/C48H48ClF3N14O4/c1-69-41-21-29(7-9-36(41)58-48-56-24-34(52)44(60-48)38-26-54-46-33(51)6-4-12-66(38)46)62-15-13-61(14-16-62)27-40(68)39(28-67)64-19-17-63(18-20-64)30-8-10-35(42(22-30)70-2)57-47-55-23-31(49)43(59-47)37-25-53-45-32(50)5-3-11-65(37)45/h3-12,21-26,39-40,67-68H,13-20,27-28H2,1-2H3,(H,55,57,59)(H,56,58,60). The van der Waals surface area contributed by atoms with E-state index in [-0.39, 0.29) is 46.2 Å². The second-order valence-corrected chi connectivity index (χ2v) is 17.2. The molecule has 8 aromatic rings. The van der Waals surface area contributed by atoms with E-state index >= 15 is 0 Å². The quantitative estimate of drug-likeness (QED) is 0.0919. The number of nitrogens with one attached hydrogen (secondary N) is 2. The number of aliphatic hydroxyl groups is 2. The molecule has 4 N–H and O–H groups in total. The molecule has 0 radical (unpaired) electrons. The lowest BCUT2D eigenvalue weighted by Crippen LogP contribution is -2.58. The Labute approximate surface area is 404 Å². The predicted molar refractivity (Wildman–Crippen MR) is 259 cm³/mol. The van der Waals surface area contributed by atoms with E-state index in [4.69, 9.17) is 21.1 Å². The van der Waals surface area contributed by atoms with Crippen molar-refractivity contribution in [3.05, 3.63) is 120 Å². The zero-order valence-electron chi connectivity index (χ0n) is 38.1. The number of ether oxygens (including phenoxy) is 2. The molecule has 70 heavy (non-hydrogen) atoms. The number of imidazole rings is 2. The highest BCUT2D eigenvalue weighted by molar-refractivity contribution is 6.32. The van der Waals surface area contributed by atoms with Crippen LogP contribution in [0.3, 0.4) is 0 Å². The number of hydrogen-bond donors (Lipinski definition) is 4. The molecule has 2 saturated heterocycles. The number of fused-ring (bicyclic) bond motifs is 2. The fourth-order valence-corrected chi connectivity index (χ4v) is 9.27. The molecule has 0 aliphatic carbocycles. The fourth-order valence-electron chi connectivity index (χ4n) is 9.09. The average molecular weight is 977 g/mol. The van der Waals surface area contributed by atoms with Crippen molar-refractivity contribution in [2.75, 3.05) is 100 Å². The Bertz CT molecular complexity index is 3160. The van der Waals surface area contributed by atoms with Crippen LogP contribution in [0.1, 0.15) is 0 Å². The van der Waals surface area contributed by atoms with E-state index in [1.54, 1.807) is 37.1 Å². The van der Waals surface area contributed by atoms with Crippen molar-refractivity contribution in [2.45, 2.75) is 12.1 Å². The molecule has 8 heterocycles. The molecule has 2 aliphatic rings. The summed E-state index contributed by atoms with van der Waals surface area (Å²) in [6.07, 6.45) is 7.92. The molecular weight excluding hydrogens is 929 g/mol. The molecule has 22 heteroatoms. The number of hydrogen-bond acceptors (Lipinski definition) is 16. The first-order valence-corrected chi connectivity index (χ1v) is 22.9. The first kappa shape index (κ1) is 46.4. The van der Waals surface area contributed by atoms with E-state index in [0.717, 1.165) is 17.6 Å². The molecule has 362 valence electrons. The van der Waals surface area contributed by atoms with Gasteiger partial charge in [0.15, 0.2) is 28.7 Å². The van der Waals surface area contributed by atoms with Gasteiger partial charge in [0.2, 0.25) is 11.9 Å². The van der Waals surface area contributed by atoms with Gasteiger partial charge in [0.05, 0.1) is 85.5 Å². The van der Waals surface area contributed by atoms with Crippen LogP contribution in [0.5, 0.6) is 11.5 Å². The van der Waals surface area contributed by atoms with E-state index < -0.39 is 29.6 Å². The molecule has 6 aromatic heterocycles. The lowest BCUT2D eigenvalue weighted by molar-refractivity contribution is -0.00555. The zero-order valence-corrected chi connectivity index (χ0v) is 38.8. The van der Waals surface area contributed by atoms with Crippen LogP contribution in [0.25, 0.3) is 34.1 Å². The number of piperazine rings is 2. The minimum absolute atomic E-state index is 0.0394. The van der Waals surface area contributed by atoms with Crippen LogP contribution in [0.4, 0.5) is 47.8 Å². The Morgan fingerprint density at radius 3 is 1.70 bits per heavy atom. The number of anilines is 6. The van der Waals surface area contributed by atoms with Crippen LogP contribution in [-0.2, 0) is 0 Å². The lowest BCUT2D eigenvalue weighted by atomic mass is 10.1. The van der Waals surface area contributed by atoms with Gasteiger partial charge < -0.3 is 40.1 Å². The zero-order chi connectivity index (χ0) is 48.5. The van der Waals surface area contributed by atoms with Crippen LogP contribution in [0.2, 0.25) is 5.02 Å². The van der Waals surface area contributed by atoms with Crippen molar-refractivity contribution in [3.8, 4) is 34.3 Å². The third-order valence-electron chi connectivity index (χ3n) is 12.8. The van der Waals surface area contributed by atoms with Crippen LogP contribution in [-0.4, -0.2) is 151 Å². The van der Waals surface area contributed by atoms with Gasteiger partial charge in [-0.3, -0.25) is 18.6 Å². The minimum Gasteiger partial charge on any atom is -0.494 e. The second kappa shape index (κ2) is 20.0. The summed E-state index contributed by atoms with van der Waals surface area (Å²) in [6, 6.07) is 16.8. The van der Waals surface area contributed by atoms with Crippen molar-refractivity contribution < 1.29 is 32.9 Å². The summed E-state index contributed by atoms with van der Waals surface area (Å²) >= 11 is 6.50. The van der Waals surface area contributed by atoms with Gasteiger partial charge in [0.1, 0.15) is 22.9 Å². The number of pyridine rings is 2. The van der Waals surface area contributed by atoms with E-state index in [2.05, 4.69) is 60.1 Å². The highest BCUT2D eigenvalue weighted by atomic mass is 35.5. The SMILES string of the molecule is COc1cc(N2CCN(CC(O)C(CO)N3CCN(c4ccc(Nc5ncc(Cl)c(-c6cnc7c(F)cccn67)n5)c(OC)c4)CC3)CC2)ccc1Nc1ncc(F)c(-c2cnc3c(F)cccn23)n1. The summed E-state index contributed by atoms with van der Waals surface area (Å²) < 4.78 is 58.2. The van der Waals surface area contributed by atoms with Gasteiger partial charge in [-0.2, -0.15) is 0 Å². The highest BCUT2D eigenvalue weighted by Gasteiger charge is 2.31. The van der Waals surface area contributed by atoms with E-state index in [9.17, 15) is 23.4 Å². The maximum absolute atomic E-state index is 15.0. The molecule has 2 aliphatic heterocycles. The van der Waals surface area contributed by atoms with E-state index in [1.807, 2.05) is 36.4 Å². The van der Waals surface area contributed by atoms with Crippen LogP contribution in [0.15, 0.2) is 97.8 Å². The first-order valence-electron chi connectivity index (χ1n) is 22.5. The van der Waals surface area contributed by atoms with Gasteiger partial charge in [-0.25, -0.2) is 43.1 Å². The van der Waals surface area contributed by atoms with Crippen molar-refractivity contribution in [3.63, 3.8) is 0 Å². The van der Waals surface area contributed by atoms with E-state index in [0.29, 0.717) is 93.2 Å². The predicted octanol–water partition coefficient (Wildman–Crippen LogP) is 6.14. The largest absolute Gasteiger partial charge is 0.494 e. The van der Waals surface area contributed by atoms with Crippen molar-refractivity contribution in [2.24, 2.45) is 0 Å². The fraction of sp³-hybridized carbons (Fsp3) is 0.292. The van der Waals surface area contributed by atoms with Crippen molar-refractivity contribution >= 4 is 57.5 Å². The Morgan fingerprint density at radius 1 is 0.643 bits per heavy atom. The summed E-state index contributed by atoms with van der Waals surface area (Å²) in [7, 11) is 3.15. The summed E-state index contributed by atoms with van der Waals surface area (Å²) in [5.74, 6) is -0.195. The minimum atomic E-state index is -0.772. The second-order valence-electron chi connectivity index (χ2n) is 16.8. The molecule has 2 unspecified atom stereocenters. The number of aromatic nitrogens is 8. The van der Waals surface area contributed by atoms with Crippen molar-refractivity contribution in [1.29, 1.82) is 0 Å². The number of halogens is 4. The van der Waals surface area contributed by atoms with Gasteiger partial charge in [-0.15, -0.1) is 0 Å². The lowest BCUT2D eigenvalue weighted by Gasteiger charge is -2.43. The summed E-state index contributed by atoms with van der Waals surface area (Å²) in [5, 5.41) is 28.7. The molecular formula is C48H48ClF3N14O4. The number of rotatable bonds is 15. The number of β-amino-alcohol motifs (C(OH)–C–C–N with tert-alkyl or cyclic N) is 1. The molecule has 0 amide bonds.